The van der Waals surface area contributed by atoms with Crippen molar-refractivity contribution in [2.45, 2.75) is 13.1 Å². The number of phenols is 10. The van der Waals surface area contributed by atoms with Gasteiger partial charge < -0.3 is 60.9 Å². The van der Waals surface area contributed by atoms with E-state index in [1.807, 2.05) is 0 Å². The molecule has 4 rings (SSSR count). The molecule has 0 atom stereocenters. The molecule has 0 aliphatic carbocycles. The first-order valence-corrected chi connectivity index (χ1v) is 16.5. The summed E-state index contributed by atoms with van der Waals surface area (Å²) in [6.45, 7) is 0.601. The van der Waals surface area contributed by atoms with Crippen molar-refractivity contribution < 1.29 is 51.1 Å². The highest BCUT2D eigenvalue weighted by Gasteiger charge is 2.13. The predicted molar refractivity (Wildman–Crippen MR) is 204 cm³/mol. The zero-order chi connectivity index (χ0) is 37.4. The lowest BCUT2D eigenvalue weighted by Gasteiger charge is -2.18. The van der Waals surface area contributed by atoms with Crippen LogP contribution in [0.5, 0.6) is 57.5 Å². The highest BCUT2D eigenvalue weighted by atomic mass is 79.9. The predicted octanol–water partition coefficient (Wildman–Crippen LogP) is 6.90. The molecule has 0 saturated heterocycles. The molecule has 0 amide bonds. The molecule has 4 aromatic rings. The Kier molecular flexibility index (Phi) is 13.6. The fraction of sp³-hybridized carbons (Fsp3) is 0.118. The molecular formula is C34H32Br2N2O10S2. The Bertz CT molecular complexity index is 1750. The van der Waals surface area contributed by atoms with Crippen LogP contribution in [0.25, 0.3) is 12.2 Å². The molecule has 0 unspecified atom stereocenters. The molecule has 0 aliphatic heterocycles. The summed E-state index contributed by atoms with van der Waals surface area (Å²) in [5.41, 5.74) is 2.41. The number of aromatic hydroxyl groups is 10. The summed E-state index contributed by atoms with van der Waals surface area (Å²) < 4.78 is 0.725. The maximum absolute atomic E-state index is 9.60. The van der Waals surface area contributed by atoms with Crippen LogP contribution in [0, 0.1) is 0 Å². The van der Waals surface area contributed by atoms with Gasteiger partial charge in [0.2, 0.25) is 0 Å². The molecule has 0 heterocycles. The molecule has 0 aliphatic rings. The minimum atomic E-state index is -0.563. The van der Waals surface area contributed by atoms with Gasteiger partial charge in [0.25, 0.3) is 0 Å². The largest absolute Gasteiger partial charge is 0.504 e. The summed E-state index contributed by atoms with van der Waals surface area (Å²) in [4.78, 5) is 4.34. The second-order valence-corrected chi connectivity index (χ2v) is 13.3. The third-order valence-electron chi connectivity index (χ3n) is 6.82. The number of halogens is 2. The van der Waals surface area contributed by atoms with Gasteiger partial charge in [-0.3, -0.25) is 0 Å². The van der Waals surface area contributed by atoms with E-state index in [9.17, 15) is 51.1 Å². The van der Waals surface area contributed by atoms with Gasteiger partial charge >= 0.3 is 0 Å². The Morgan fingerprint density at radius 2 is 0.780 bits per heavy atom. The average Bonchev–Trinajstić information content (AvgIpc) is 3.05. The van der Waals surface area contributed by atoms with Crippen LogP contribution in [0.3, 0.4) is 0 Å². The van der Waals surface area contributed by atoms with E-state index in [0.29, 0.717) is 54.3 Å². The molecule has 0 radical (unpaired) electrons. The van der Waals surface area contributed by atoms with Gasteiger partial charge in [-0.2, -0.15) is 0 Å². The number of likely N-dealkylation sites (N-methyl/N-ethyl adjacent to an activating group) is 2. The number of hydrogen-bond acceptors (Lipinski definition) is 12. The fourth-order valence-corrected chi connectivity index (χ4v) is 5.40. The van der Waals surface area contributed by atoms with Crippen LogP contribution in [0.1, 0.15) is 22.3 Å². The van der Waals surface area contributed by atoms with Crippen molar-refractivity contribution in [1.29, 1.82) is 0 Å². The van der Waals surface area contributed by atoms with Crippen molar-refractivity contribution in [1.82, 2.24) is 9.80 Å². The van der Waals surface area contributed by atoms with Crippen molar-refractivity contribution in [3.8, 4) is 57.5 Å². The van der Waals surface area contributed by atoms with Gasteiger partial charge in [0.1, 0.15) is 9.98 Å². The lowest BCUT2D eigenvalue weighted by Crippen LogP contribution is -2.22. The topological polar surface area (TPSA) is 209 Å². The molecular weight excluding hydrogens is 820 g/mol. The Labute approximate surface area is 314 Å². The summed E-state index contributed by atoms with van der Waals surface area (Å²) in [5.74, 6) is -3.72. The van der Waals surface area contributed by atoms with Gasteiger partial charge in [-0.15, -0.1) is 0 Å². The van der Waals surface area contributed by atoms with Crippen molar-refractivity contribution in [3.63, 3.8) is 0 Å². The van der Waals surface area contributed by atoms with Gasteiger partial charge in [0.15, 0.2) is 57.5 Å². The van der Waals surface area contributed by atoms with Gasteiger partial charge in [-0.25, -0.2) is 0 Å². The third kappa shape index (κ3) is 10.5. The van der Waals surface area contributed by atoms with E-state index in [2.05, 4.69) is 31.9 Å². The maximum Gasteiger partial charge on any atom is 0.200 e. The molecule has 0 bridgehead atoms. The summed E-state index contributed by atoms with van der Waals surface area (Å²) in [5, 5.41) is 95.1. The van der Waals surface area contributed by atoms with Crippen LogP contribution in [0.15, 0.2) is 69.6 Å². The van der Waals surface area contributed by atoms with E-state index in [0.717, 1.165) is 0 Å². The first-order valence-electron chi connectivity index (χ1n) is 14.1. The minimum Gasteiger partial charge on any atom is -0.504 e. The standard InChI is InChI=1S/2C17H16BrNO5S/c2*1-19(8-10-6-13(21)17(24)14(22)7-10)15(25)3-2-9-4-11(18)16(23)12(20)5-9/h2*2-7,20-24H,8H2,1H3/b2*3-2+. The van der Waals surface area contributed by atoms with Crippen LogP contribution in [0.4, 0.5) is 0 Å². The number of benzene rings is 4. The highest BCUT2D eigenvalue weighted by Crippen LogP contribution is 2.38. The van der Waals surface area contributed by atoms with E-state index in [-0.39, 0.29) is 23.0 Å². The second kappa shape index (κ2) is 17.2. The quantitative estimate of drug-likeness (QED) is 0.0497. The molecule has 16 heteroatoms. The summed E-state index contributed by atoms with van der Waals surface area (Å²) in [6, 6.07) is 11.4. The molecule has 0 fully saturated rings. The molecule has 4 aromatic carbocycles. The van der Waals surface area contributed by atoms with Crippen LogP contribution in [0.2, 0.25) is 0 Å². The lowest BCUT2D eigenvalue weighted by atomic mass is 10.1. The van der Waals surface area contributed by atoms with Crippen molar-refractivity contribution in [2.75, 3.05) is 14.1 Å². The Hall–Kier alpha value is -4.90. The zero-order valence-electron chi connectivity index (χ0n) is 26.3. The van der Waals surface area contributed by atoms with Crippen molar-refractivity contribution in [2.24, 2.45) is 0 Å². The van der Waals surface area contributed by atoms with Crippen molar-refractivity contribution >= 4 is 78.4 Å². The van der Waals surface area contributed by atoms with E-state index < -0.39 is 34.5 Å². The lowest BCUT2D eigenvalue weighted by molar-refractivity contribution is 0.365. The Morgan fingerprint density at radius 1 is 0.500 bits per heavy atom. The molecule has 10 N–H and O–H groups in total. The molecule has 12 nitrogen and oxygen atoms in total. The SMILES string of the molecule is CN(Cc1cc(O)c(O)c(O)c1)C(=S)/C=C/c1cc(O)c(O)c(Br)c1.CN(Cc1cc(O)c(O)c(O)c1)C(=S)/C=C/c1cc(O)c(O)c(Br)c1. The van der Waals surface area contributed by atoms with E-state index >= 15 is 0 Å². The van der Waals surface area contributed by atoms with Crippen LogP contribution in [-0.2, 0) is 13.1 Å². The minimum absolute atomic E-state index is 0.233. The van der Waals surface area contributed by atoms with Gasteiger partial charge in [-0.1, -0.05) is 36.6 Å². The van der Waals surface area contributed by atoms with E-state index in [4.69, 9.17) is 24.4 Å². The molecule has 0 saturated carbocycles. The first kappa shape index (κ1) is 39.5. The number of nitrogens with zero attached hydrogens (tertiary/aromatic N) is 2. The summed E-state index contributed by atoms with van der Waals surface area (Å²) in [6.07, 6.45) is 6.64. The Balaban J connectivity index is 0.000000270. The average molecular weight is 853 g/mol. The number of phenolic OH excluding ortho intramolecular Hbond substituents is 10. The highest BCUT2D eigenvalue weighted by molar-refractivity contribution is 9.11. The van der Waals surface area contributed by atoms with E-state index in [1.165, 1.54) is 36.4 Å². The van der Waals surface area contributed by atoms with Crippen LogP contribution < -0.4 is 0 Å². The normalized spacial score (nSPS) is 11.0. The number of thiocarbonyl (C=S) groups is 2. The smallest absolute Gasteiger partial charge is 0.200 e. The monoisotopic (exact) mass is 850 g/mol. The van der Waals surface area contributed by atoms with Gasteiger partial charge in [0, 0.05) is 27.2 Å². The van der Waals surface area contributed by atoms with Gasteiger partial charge in [-0.05, 0) is 115 Å². The number of hydrogen-bond donors (Lipinski definition) is 10. The number of rotatable bonds is 8. The van der Waals surface area contributed by atoms with Gasteiger partial charge in [0.05, 0.1) is 8.95 Å². The third-order valence-corrected chi connectivity index (χ3v) is 8.92. The van der Waals surface area contributed by atoms with Crippen LogP contribution in [-0.4, -0.2) is 84.9 Å². The summed E-state index contributed by atoms with van der Waals surface area (Å²) in [7, 11) is 3.47. The molecule has 0 aromatic heterocycles. The zero-order valence-corrected chi connectivity index (χ0v) is 31.1. The fourth-order valence-electron chi connectivity index (χ4n) is 4.20. The molecule has 0 spiro atoms. The molecule has 264 valence electrons. The van der Waals surface area contributed by atoms with E-state index in [1.54, 1.807) is 60.3 Å². The second-order valence-electron chi connectivity index (χ2n) is 10.8. The summed E-state index contributed by atoms with van der Waals surface area (Å²) >= 11 is 16.9. The molecule has 50 heavy (non-hydrogen) atoms. The first-order chi connectivity index (χ1) is 23.4. The Morgan fingerprint density at radius 3 is 1.06 bits per heavy atom. The van der Waals surface area contributed by atoms with Crippen molar-refractivity contribution in [3.05, 3.63) is 91.9 Å². The maximum atomic E-state index is 9.60. The van der Waals surface area contributed by atoms with Crippen LogP contribution >= 0.6 is 56.3 Å².